The van der Waals surface area contributed by atoms with E-state index < -0.39 is 0 Å². The third-order valence-electron chi connectivity index (χ3n) is 2.16. The lowest BCUT2D eigenvalue weighted by molar-refractivity contribution is 0.180. The van der Waals surface area contributed by atoms with Gasteiger partial charge in [0.1, 0.15) is 0 Å². The molecule has 1 rings (SSSR count). The summed E-state index contributed by atoms with van der Waals surface area (Å²) in [7, 11) is 4.01. The van der Waals surface area contributed by atoms with E-state index in [1.54, 1.807) is 11.3 Å². The van der Waals surface area contributed by atoms with Gasteiger partial charge in [-0.05, 0) is 43.4 Å². The van der Waals surface area contributed by atoms with Crippen molar-refractivity contribution in [3.05, 3.63) is 22.4 Å². The number of nitrogens with zero attached hydrogens (tertiary/aromatic N) is 1. The first kappa shape index (κ1) is 9.71. The molecule has 0 radical (unpaired) electrons. The Bertz CT molecular complexity index is 227. The van der Waals surface area contributed by atoms with Gasteiger partial charge < -0.3 is 5.73 Å². The summed E-state index contributed by atoms with van der Waals surface area (Å²) in [5, 5.41) is 4.23. The Morgan fingerprint density at radius 1 is 1.58 bits per heavy atom. The zero-order valence-electron chi connectivity index (χ0n) is 7.87. The van der Waals surface area contributed by atoms with Crippen LogP contribution in [0, 0.1) is 0 Å². The van der Waals surface area contributed by atoms with Crippen LogP contribution in [-0.2, 0) is 6.42 Å². The fourth-order valence-electron chi connectivity index (χ4n) is 0.965. The summed E-state index contributed by atoms with van der Waals surface area (Å²) in [6.45, 7) is 2.05. The van der Waals surface area contributed by atoms with Crippen LogP contribution in [-0.4, -0.2) is 24.7 Å². The maximum atomic E-state index is 6.08. The van der Waals surface area contributed by atoms with E-state index in [0.717, 1.165) is 6.42 Å². The van der Waals surface area contributed by atoms with E-state index in [1.807, 2.05) is 25.9 Å². The third-order valence-corrected chi connectivity index (χ3v) is 2.90. The van der Waals surface area contributed by atoms with Crippen LogP contribution in [0.5, 0.6) is 0 Å². The minimum Gasteiger partial charge on any atom is -0.313 e. The molecule has 2 N–H and O–H groups in total. The topological polar surface area (TPSA) is 29.3 Å². The molecule has 1 atom stereocenters. The zero-order chi connectivity index (χ0) is 9.19. The van der Waals surface area contributed by atoms with Gasteiger partial charge in [0.15, 0.2) is 0 Å². The highest BCUT2D eigenvalue weighted by molar-refractivity contribution is 7.07. The lowest BCUT2D eigenvalue weighted by atomic mass is 10.0. The summed E-state index contributed by atoms with van der Waals surface area (Å²) in [4.78, 5) is 2.05. The summed E-state index contributed by atoms with van der Waals surface area (Å²) < 4.78 is 0. The summed E-state index contributed by atoms with van der Waals surface area (Å²) in [6.07, 6.45) is 0.906. The zero-order valence-corrected chi connectivity index (χ0v) is 8.69. The number of hydrogen-bond acceptors (Lipinski definition) is 3. The molecule has 0 aliphatic rings. The molecule has 2 nitrogen and oxygen atoms in total. The second kappa shape index (κ2) is 3.56. The van der Waals surface area contributed by atoms with Gasteiger partial charge in [0, 0.05) is 6.42 Å². The van der Waals surface area contributed by atoms with Gasteiger partial charge in [-0.3, -0.25) is 4.90 Å². The normalized spacial score (nSPS) is 16.4. The molecular formula is C9H16N2S. The van der Waals surface area contributed by atoms with E-state index in [0.29, 0.717) is 0 Å². The Morgan fingerprint density at radius 3 is 2.67 bits per heavy atom. The second-order valence-electron chi connectivity index (χ2n) is 3.56. The lowest BCUT2D eigenvalue weighted by Gasteiger charge is -2.32. The van der Waals surface area contributed by atoms with Gasteiger partial charge in [-0.1, -0.05) is 0 Å². The smallest absolute Gasteiger partial charge is 0.0694 e. The van der Waals surface area contributed by atoms with Crippen molar-refractivity contribution in [3.63, 3.8) is 0 Å². The summed E-state index contributed by atoms with van der Waals surface area (Å²) >= 11 is 1.72. The molecule has 1 aromatic rings. The van der Waals surface area contributed by atoms with Gasteiger partial charge in [0.05, 0.1) is 5.66 Å². The van der Waals surface area contributed by atoms with Crippen LogP contribution in [0.15, 0.2) is 16.8 Å². The molecule has 0 aliphatic heterocycles. The number of nitrogens with two attached hydrogens (primary N) is 1. The molecule has 68 valence electrons. The van der Waals surface area contributed by atoms with Crippen LogP contribution in [0.1, 0.15) is 12.5 Å². The van der Waals surface area contributed by atoms with Crippen molar-refractivity contribution in [1.82, 2.24) is 4.90 Å². The first-order valence-electron chi connectivity index (χ1n) is 4.00. The summed E-state index contributed by atoms with van der Waals surface area (Å²) in [6, 6.07) is 2.12. The molecule has 3 heteroatoms. The van der Waals surface area contributed by atoms with E-state index >= 15 is 0 Å². The van der Waals surface area contributed by atoms with Crippen molar-refractivity contribution in [2.24, 2.45) is 5.73 Å². The largest absolute Gasteiger partial charge is 0.313 e. The van der Waals surface area contributed by atoms with Gasteiger partial charge in [-0.25, -0.2) is 0 Å². The minimum absolute atomic E-state index is 0.235. The van der Waals surface area contributed by atoms with Crippen molar-refractivity contribution >= 4 is 11.3 Å². The van der Waals surface area contributed by atoms with E-state index in [9.17, 15) is 0 Å². The van der Waals surface area contributed by atoms with E-state index in [1.165, 1.54) is 5.56 Å². The highest BCUT2D eigenvalue weighted by atomic mass is 32.1. The minimum atomic E-state index is -0.235. The SMILES string of the molecule is CN(C)C(C)(N)Cc1ccsc1. The van der Waals surface area contributed by atoms with Crippen molar-refractivity contribution in [2.75, 3.05) is 14.1 Å². The van der Waals surface area contributed by atoms with Crippen LogP contribution < -0.4 is 5.73 Å². The third kappa shape index (κ3) is 2.30. The van der Waals surface area contributed by atoms with Gasteiger partial charge in [0.2, 0.25) is 0 Å². The van der Waals surface area contributed by atoms with Gasteiger partial charge in [0.25, 0.3) is 0 Å². The molecule has 12 heavy (non-hydrogen) atoms. The number of rotatable bonds is 3. The monoisotopic (exact) mass is 184 g/mol. The fourth-order valence-corrected chi connectivity index (χ4v) is 1.63. The van der Waals surface area contributed by atoms with Crippen LogP contribution >= 0.6 is 11.3 Å². The van der Waals surface area contributed by atoms with E-state index in [-0.39, 0.29) is 5.66 Å². The molecule has 1 unspecified atom stereocenters. The Hall–Kier alpha value is -0.380. The molecular weight excluding hydrogens is 168 g/mol. The number of thiophene rings is 1. The Morgan fingerprint density at radius 2 is 2.25 bits per heavy atom. The Balaban J connectivity index is 2.62. The average molecular weight is 184 g/mol. The number of likely N-dealkylation sites (N-methyl/N-ethyl adjacent to an activating group) is 1. The predicted octanol–water partition coefficient (Wildman–Crippen LogP) is 1.53. The van der Waals surface area contributed by atoms with E-state index in [2.05, 4.69) is 16.8 Å². The molecule has 0 aliphatic carbocycles. The molecule has 0 spiro atoms. The summed E-state index contributed by atoms with van der Waals surface area (Å²) in [5.74, 6) is 0. The molecule has 0 saturated heterocycles. The molecule has 0 amide bonds. The van der Waals surface area contributed by atoms with Crippen LogP contribution in [0.4, 0.5) is 0 Å². The molecule has 1 heterocycles. The van der Waals surface area contributed by atoms with Gasteiger partial charge in [-0.2, -0.15) is 11.3 Å². The first-order valence-corrected chi connectivity index (χ1v) is 4.94. The summed E-state index contributed by atoms with van der Waals surface area (Å²) in [5.41, 5.74) is 7.16. The molecule has 0 bridgehead atoms. The van der Waals surface area contributed by atoms with Crippen molar-refractivity contribution in [2.45, 2.75) is 19.0 Å². The first-order chi connectivity index (χ1) is 5.52. The predicted molar refractivity (Wildman–Crippen MR) is 54.3 cm³/mol. The number of hydrogen-bond donors (Lipinski definition) is 1. The second-order valence-corrected chi connectivity index (χ2v) is 4.34. The molecule has 0 fully saturated rings. The standard InChI is InChI=1S/C9H16N2S/c1-9(10,11(2)3)6-8-4-5-12-7-8/h4-5,7H,6,10H2,1-3H3. The maximum absolute atomic E-state index is 6.08. The van der Waals surface area contributed by atoms with Crippen molar-refractivity contribution in [1.29, 1.82) is 0 Å². The van der Waals surface area contributed by atoms with Crippen LogP contribution in [0.2, 0.25) is 0 Å². The Labute approximate surface area is 78.0 Å². The average Bonchev–Trinajstić information content (AvgIpc) is 2.38. The van der Waals surface area contributed by atoms with Gasteiger partial charge >= 0.3 is 0 Å². The fraction of sp³-hybridized carbons (Fsp3) is 0.556. The molecule has 0 saturated carbocycles. The highest BCUT2D eigenvalue weighted by Crippen LogP contribution is 2.14. The lowest BCUT2D eigenvalue weighted by Crippen LogP contribution is -2.51. The van der Waals surface area contributed by atoms with Crippen molar-refractivity contribution < 1.29 is 0 Å². The Kier molecular flexibility index (Phi) is 2.88. The van der Waals surface area contributed by atoms with E-state index in [4.69, 9.17) is 5.73 Å². The highest BCUT2D eigenvalue weighted by Gasteiger charge is 2.21. The molecule has 1 aromatic heterocycles. The van der Waals surface area contributed by atoms with Crippen LogP contribution in [0.25, 0.3) is 0 Å². The van der Waals surface area contributed by atoms with Gasteiger partial charge in [-0.15, -0.1) is 0 Å². The quantitative estimate of drug-likeness (QED) is 0.722. The van der Waals surface area contributed by atoms with Crippen molar-refractivity contribution in [3.8, 4) is 0 Å². The molecule has 0 aromatic carbocycles. The van der Waals surface area contributed by atoms with Crippen LogP contribution in [0.3, 0.4) is 0 Å². The maximum Gasteiger partial charge on any atom is 0.0694 e.